The summed E-state index contributed by atoms with van der Waals surface area (Å²) in [7, 11) is 0. The minimum Gasteiger partial charge on any atom is -0.486 e. The van der Waals surface area contributed by atoms with Crippen molar-refractivity contribution in [2.45, 2.75) is 32.8 Å². The molecule has 1 aliphatic rings. The minimum absolute atomic E-state index is 0.233. The maximum Gasteiger partial charge on any atom is 0.163 e. The number of benzene rings is 1. The third-order valence-corrected chi connectivity index (χ3v) is 4.22. The number of rotatable bonds is 3. The van der Waals surface area contributed by atoms with E-state index in [1.165, 1.54) is 0 Å². The van der Waals surface area contributed by atoms with Crippen molar-refractivity contribution in [2.75, 3.05) is 0 Å². The maximum absolute atomic E-state index is 11.8. The number of Topliss-reactive ketones (excluding diaryl/α,β-unsaturated/α-hetero) is 1. The summed E-state index contributed by atoms with van der Waals surface area (Å²) in [6.07, 6.45) is 2.50. The fourth-order valence-corrected chi connectivity index (χ4v) is 3.07. The third-order valence-electron chi connectivity index (χ3n) is 3.28. The Morgan fingerprint density at radius 3 is 3.05 bits per heavy atom. The Balaban J connectivity index is 1.81. The van der Waals surface area contributed by atoms with Crippen molar-refractivity contribution in [2.24, 2.45) is 0 Å². The zero-order valence-corrected chi connectivity index (χ0v) is 11.6. The van der Waals surface area contributed by atoms with Crippen molar-refractivity contribution >= 4 is 17.1 Å². The van der Waals surface area contributed by atoms with Gasteiger partial charge in [0.05, 0.1) is 0 Å². The fourth-order valence-electron chi connectivity index (χ4n) is 2.39. The first-order valence-corrected chi connectivity index (χ1v) is 7.31. The number of hydrogen-bond donors (Lipinski definition) is 0. The molecule has 1 heterocycles. The van der Waals surface area contributed by atoms with E-state index in [9.17, 15) is 4.79 Å². The Morgan fingerprint density at radius 1 is 1.37 bits per heavy atom. The van der Waals surface area contributed by atoms with Crippen LogP contribution in [0.15, 0.2) is 23.6 Å². The second kappa shape index (κ2) is 5.13. The van der Waals surface area contributed by atoms with Crippen LogP contribution in [0.2, 0.25) is 0 Å². The van der Waals surface area contributed by atoms with Crippen LogP contribution < -0.4 is 4.74 Å². The van der Waals surface area contributed by atoms with Crippen LogP contribution in [0.25, 0.3) is 0 Å². The molecule has 0 atom stereocenters. The zero-order chi connectivity index (χ0) is 13.2. The number of hydrogen-bond acceptors (Lipinski definition) is 4. The SMILES string of the molecule is Cc1csc(COc2cccc3c2CCCC3=O)n1. The van der Waals surface area contributed by atoms with Gasteiger partial charge in [0.25, 0.3) is 0 Å². The average Bonchev–Trinajstić information content (AvgIpc) is 2.83. The van der Waals surface area contributed by atoms with Crippen LogP contribution in [0.5, 0.6) is 5.75 Å². The molecule has 98 valence electrons. The summed E-state index contributed by atoms with van der Waals surface area (Å²) in [5, 5.41) is 2.99. The normalized spacial score (nSPS) is 14.3. The topological polar surface area (TPSA) is 39.2 Å². The van der Waals surface area contributed by atoms with Gasteiger partial charge in [-0.25, -0.2) is 4.98 Å². The summed E-state index contributed by atoms with van der Waals surface area (Å²) < 4.78 is 5.85. The summed E-state index contributed by atoms with van der Waals surface area (Å²) in [5.74, 6) is 1.06. The van der Waals surface area contributed by atoms with Gasteiger partial charge in [0.15, 0.2) is 5.78 Å². The molecule has 19 heavy (non-hydrogen) atoms. The summed E-state index contributed by atoms with van der Waals surface area (Å²) in [6, 6.07) is 5.74. The minimum atomic E-state index is 0.233. The van der Waals surface area contributed by atoms with Crippen LogP contribution in [0.3, 0.4) is 0 Å². The lowest BCUT2D eigenvalue weighted by molar-refractivity contribution is 0.0971. The van der Waals surface area contributed by atoms with Gasteiger partial charge in [-0.15, -0.1) is 11.3 Å². The molecule has 0 amide bonds. The van der Waals surface area contributed by atoms with Crippen molar-refractivity contribution in [1.82, 2.24) is 4.98 Å². The standard InChI is InChI=1S/C15H15NO2S/c1-10-9-19-15(16-10)8-18-14-7-3-4-11-12(14)5-2-6-13(11)17/h3-4,7,9H,2,5-6,8H2,1H3. The first-order chi connectivity index (χ1) is 9.24. The van der Waals surface area contributed by atoms with Crippen molar-refractivity contribution < 1.29 is 9.53 Å². The third kappa shape index (κ3) is 2.54. The van der Waals surface area contributed by atoms with Gasteiger partial charge in [0.2, 0.25) is 0 Å². The van der Waals surface area contributed by atoms with Gasteiger partial charge < -0.3 is 4.74 Å². The van der Waals surface area contributed by atoms with Crippen LogP contribution in [-0.4, -0.2) is 10.8 Å². The maximum atomic E-state index is 11.8. The number of fused-ring (bicyclic) bond motifs is 1. The number of thiazole rings is 1. The second-order valence-corrected chi connectivity index (χ2v) is 5.67. The van der Waals surface area contributed by atoms with E-state index in [0.717, 1.165) is 40.4 Å². The molecule has 2 aromatic rings. The fraction of sp³-hybridized carbons (Fsp3) is 0.333. The number of carbonyl (C=O) groups excluding carboxylic acids is 1. The molecular formula is C15H15NO2S. The van der Waals surface area contributed by atoms with Gasteiger partial charge in [-0.05, 0) is 25.8 Å². The highest BCUT2D eigenvalue weighted by Gasteiger charge is 2.20. The molecule has 0 fully saturated rings. The molecule has 3 nitrogen and oxygen atoms in total. The van der Waals surface area contributed by atoms with Crippen molar-refractivity contribution in [3.63, 3.8) is 0 Å². The lowest BCUT2D eigenvalue weighted by Gasteiger charge is -2.18. The van der Waals surface area contributed by atoms with E-state index >= 15 is 0 Å². The number of aromatic nitrogens is 1. The molecule has 1 aliphatic carbocycles. The largest absolute Gasteiger partial charge is 0.486 e. The van der Waals surface area contributed by atoms with E-state index in [2.05, 4.69) is 4.98 Å². The van der Waals surface area contributed by atoms with Crippen LogP contribution in [0.1, 0.15) is 39.5 Å². The molecule has 0 unspecified atom stereocenters. The zero-order valence-electron chi connectivity index (χ0n) is 10.8. The highest BCUT2D eigenvalue weighted by molar-refractivity contribution is 7.09. The lowest BCUT2D eigenvalue weighted by Crippen LogP contribution is -2.12. The van der Waals surface area contributed by atoms with Gasteiger partial charge in [-0.3, -0.25) is 4.79 Å². The van der Waals surface area contributed by atoms with Crippen molar-refractivity contribution in [1.29, 1.82) is 0 Å². The Hall–Kier alpha value is -1.68. The Kier molecular flexibility index (Phi) is 3.34. The highest BCUT2D eigenvalue weighted by atomic mass is 32.1. The average molecular weight is 273 g/mol. The first kappa shape index (κ1) is 12.4. The number of ketones is 1. The predicted octanol–water partition coefficient (Wildman–Crippen LogP) is 3.55. The molecule has 4 heteroatoms. The molecular weight excluding hydrogens is 258 g/mol. The van der Waals surface area contributed by atoms with E-state index in [4.69, 9.17) is 4.74 Å². The first-order valence-electron chi connectivity index (χ1n) is 6.43. The molecule has 3 rings (SSSR count). The molecule has 0 bridgehead atoms. The number of nitrogens with zero attached hydrogens (tertiary/aromatic N) is 1. The Labute approximate surface area is 116 Å². The highest BCUT2D eigenvalue weighted by Crippen LogP contribution is 2.30. The Morgan fingerprint density at radius 2 is 2.26 bits per heavy atom. The Bertz CT molecular complexity index is 618. The van der Waals surface area contributed by atoms with E-state index in [-0.39, 0.29) is 5.78 Å². The molecule has 0 radical (unpaired) electrons. The van der Waals surface area contributed by atoms with Gasteiger partial charge >= 0.3 is 0 Å². The van der Waals surface area contributed by atoms with Crippen molar-refractivity contribution in [3.05, 3.63) is 45.4 Å². The van der Waals surface area contributed by atoms with Gasteiger partial charge in [0, 0.05) is 28.6 Å². The quantitative estimate of drug-likeness (QED) is 0.858. The summed E-state index contributed by atoms with van der Waals surface area (Å²) >= 11 is 1.60. The molecule has 0 aliphatic heterocycles. The van der Waals surface area contributed by atoms with E-state index < -0.39 is 0 Å². The van der Waals surface area contributed by atoms with Gasteiger partial charge in [-0.2, -0.15) is 0 Å². The molecule has 0 saturated heterocycles. The van der Waals surface area contributed by atoms with Crippen LogP contribution in [0, 0.1) is 6.92 Å². The van der Waals surface area contributed by atoms with Crippen LogP contribution in [0.4, 0.5) is 0 Å². The number of aryl methyl sites for hydroxylation is 1. The summed E-state index contributed by atoms with van der Waals surface area (Å²) in [6.45, 7) is 2.45. The molecule has 0 N–H and O–H groups in total. The number of carbonyl (C=O) groups is 1. The summed E-state index contributed by atoms with van der Waals surface area (Å²) in [4.78, 5) is 16.2. The molecule has 1 aromatic heterocycles. The van der Waals surface area contributed by atoms with Crippen LogP contribution >= 0.6 is 11.3 Å². The van der Waals surface area contributed by atoms with Crippen molar-refractivity contribution in [3.8, 4) is 5.75 Å². The van der Waals surface area contributed by atoms with Crippen LogP contribution in [-0.2, 0) is 13.0 Å². The number of ether oxygens (including phenoxy) is 1. The van der Waals surface area contributed by atoms with E-state index in [0.29, 0.717) is 13.0 Å². The lowest BCUT2D eigenvalue weighted by atomic mass is 9.90. The molecule has 0 spiro atoms. The van der Waals surface area contributed by atoms with Gasteiger partial charge in [-0.1, -0.05) is 12.1 Å². The molecule has 0 saturated carbocycles. The van der Waals surface area contributed by atoms with Gasteiger partial charge in [0.1, 0.15) is 17.4 Å². The predicted molar refractivity (Wildman–Crippen MR) is 74.9 cm³/mol. The van der Waals surface area contributed by atoms with E-state index in [1.807, 2.05) is 30.5 Å². The second-order valence-electron chi connectivity index (χ2n) is 4.73. The van der Waals surface area contributed by atoms with E-state index in [1.54, 1.807) is 11.3 Å². The molecule has 1 aromatic carbocycles. The monoisotopic (exact) mass is 273 g/mol. The smallest absolute Gasteiger partial charge is 0.163 e. The summed E-state index contributed by atoms with van der Waals surface area (Å²) in [5.41, 5.74) is 2.92.